The van der Waals surface area contributed by atoms with Crippen molar-refractivity contribution in [3.63, 3.8) is 0 Å². The van der Waals surface area contributed by atoms with Crippen molar-refractivity contribution < 1.29 is 14.4 Å². The topological polar surface area (TPSA) is 96.3 Å². The Bertz CT molecular complexity index is 1120. The molecule has 1 aliphatic heterocycles. The van der Waals surface area contributed by atoms with Gasteiger partial charge in [-0.2, -0.15) is 5.10 Å². The lowest BCUT2D eigenvalue weighted by atomic mass is 10.0. The fourth-order valence-electron chi connectivity index (χ4n) is 3.74. The van der Waals surface area contributed by atoms with Crippen LogP contribution in [-0.4, -0.2) is 46.0 Å². The van der Waals surface area contributed by atoms with Crippen molar-refractivity contribution >= 4 is 41.3 Å². The van der Waals surface area contributed by atoms with Crippen molar-refractivity contribution in [3.8, 4) is 0 Å². The molecule has 32 heavy (non-hydrogen) atoms. The number of piperidine rings is 1. The minimum absolute atomic E-state index is 0.0566. The molecule has 0 spiro atoms. The molecule has 2 aromatic carbocycles. The predicted molar refractivity (Wildman–Crippen MR) is 122 cm³/mol. The van der Waals surface area contributed by atoms with Crippen LogP contribution in [0.5, 0.6) is 0 Å². The Morgan fingerprint density at radius 2 is 1.72 bits per heavy atom. The summed E-state index contributed by atoms with van der Waals surface area (Å²) in [6.45, 7) is 1.15. The highest BCUT2D eigenvalue weighted by molar-refractivity contribution is 6.33. The van der Waals surface area contributed by atoms with Crippen molar-refractivity contribution in [2.45, 2.75) is 18.9 Å². The van der Waals surface area contributed by atoms with Crippen LogP contribution in [0.15, 0.2) is 60.8 Å². The third kappa shape index (κ3) is 4.81. The number of nitrogens with zero attached hydrogens (tertiary/aromatic N) is 3. The fraction of sp³-hybridized carbons (Fsp3) is 0.217. The quantitative estimate of drug-likeness (QED) is 0.559. The monoisotopic (exact) mass is 451 g/mol. The van der Waals surface area contributed by atoms with Crippen LogP contribution in [0.25, 0.3) is 0 Å². The number of halogens is 1. The maximum atomic E-state index is 12.7. The molecule has 8 nitrogen and oxygen atoms in total. The summed E-state index contributed by atoms with van der Waals surface area (Å²) in [5.41, 5.74) is 1.62. The van der Waals surface area contributed by atoms with Crippen LogP contribution in [0.2, 0.25) is 5.02 Å². The van der Waals surface area contributed by atoms with E-state index >= 15 is 0 Å². The van der Waals surface area contributed by atoms with Crippen LogP contribution < -0.4 is 10.6 Å². The first-order valence-electron chi connectivity index (χ1n) is 10.3. The number of hydrogen-bond donors (Lipinski definition) is 2. The van der Waals surface area contributed by atoms with Crippen LogP contribution in [-0.2, 0) is 0 Å². The molecule has 164 valence electrons. The van der Waals surface area contributed by atoms with E-state index in [1.165, 1.54) is 0 Å². The maximum absolute atomic E-state index is 12.7. The number of para-hydroxylation sites is 1. The first kappa shape index (κ1) is 21.6. The number of carbonyl (C=O) groups excluding carboxylic acids is 3. The Balaban J connectivity index is 1.35. The smallest absolute Gasteiger partial charge is 0.324 e. The van der Waals surface area contributed by atoms with E-state index in [2.05, 4.69) is 15.7 Å². The molecule has 4 rings (SSSR count). The SMILES string of the molecule is O=Cc1ccc(C(=O)N2CCC(n3nccc3NC(=O)Nc3ccccc3Cl)CC2)cc1. The summed E-state index contributed by atoms with van der Waals surface area (Å²) in [5.74, 6) is 0.516. The van der Waals surface area contributed by atoms with E-state index in [1.54, 1.807) is 70.4 Å². The first-order valence-corrected chi connectivity index (χ1v) is 10.6. The van der Waals surface area contributed by atoms with Crippen molar-refractivity contribution in [2.75, 3.05) is 23.7 Å². The van der Waals surface area contributed by atoms with Crippen LogP contribution in [0.3, 0.4) is 0 Å². The van der Waals surface area contributed by atoms with Crippen molar-refractivity contribution in [1.82, 2.24) is 14.7 Å². The minimum atomic E-state index is -0.411. The van der Waals surface area contributed by atoms with Gasteiger partial charge in [-0.25, -0.2) is 9.48 Å². The fourth-order valence-corrected chi connectivity index (χ4v) is 3.92. The molecular formula is C23H22ClN5O3. The summed E-state index contributed by atoms with van der Waals surface area (Å²) in [5, 5.41) is 10.4. The number of aldehydes is 1. The van der Waals surface area contributed by atoms with Crippen molar-refractivity contribution in [2.24, 2.45) is 0 Å². The Labute approximate surface area is 190 Å². The number of likely N-dealkylation sites (tertiary alicyclic amines) is 1. The molecule has 1 aromatic heterocycles. The molecule has 1 aliphatic rings. The molecular weight excluding hydrogens is 430 g/mol. The lowest BCUT2D eigenvalue weighted by molar-refractivity contribution is 0.0690. The third-order valence-electron chi connectivity index (χ3n) is 5.43. The number of urea groups is 1. The van der Waals surface area contributed by atoms with Gasteiger partial charge in [0.25, 0.3) is 5.91 Å². The molecule has 0 atom stereocenters. The largest absolute Gasteiger partial charge is 0.338 e. The van der Waals surface area contributed by atoms with E-state index in [0.717, 1.165) is 6.29 Å². The molecule has 1 saturated heterocycles. The van der Waals surface area contributed by atoms with E-state index < -0.39 is 6.03 Å². The normalized spacial score (nSPS) is 14.1. The third-order valence-corrected chi connectivity index (χ3v) is 5.75. The van der Waals surface area contributed by atoms with Crippen molar-refractivity contribution in [1.29, 1.82) is 0 Å². The van der Waals surface area contributed by atoms with Gasteiger partial charge >= 0.3 is 6.03 Å². The average Bonchev–Trinajstić information content (AvgIpc) is 3.28. The van der Waals surface area contributed by atoms with Gasteiger partial charge in [-0.3, -0.25) is 14.9 Å². The van der Waals surface area contributed by atoms with E-state index in [-0.39, 0.29) is 11.9 Å². The van der Waals surface area contributed by atoms with Gasteiger partial charge < -0.3 is 10.2 Å². The lowest BCUT2D eigenvalue weighted by Crippen LogP contribution is -2.39. The summed E-state index contributed by atoms with van der Waals surface area (Å²) in [7, 11) is 0. The summed E-state index contributed by atoms with van der Waals surface area (Å²) in [6.07, 6.45) is 3.81. The number of rotatable bonds is 5. The highest BCUT2D eigenvalue weighted by atomic mass is 35.5. The van der Waals surface area contributed by atoms with Gasteiger partial charge in [-0.1, -0.05) is 35.9 Å². The average molecular weight is 452 g/mol. The van der Waals surface area contributed by atoms with Gasteiger partial charge in [-0.05, 0) is 37.1 Å². The summed E-state index contributed by atoms with van der Waals surface area (Å²) < 4.78 is 1.78. The Morgan fingerprint density at radius 1 is 1.00 bits per heavy atom. The zero-order valence-corrected chi connectivity index (χ0v) is 18.0. The second-order valence-electron chi connectivity index (χ2n) is 7.48. The van der Waals surface area contributed by atoms with E-state index in [9.17, 15) is 14.4 Å². The number of benzene rings is 2. The minimum Gasteiger partial charge on any atom is -0.338 e. The number of nitrogens with one attached hydrogen (secondary N) is 2. The zero-order chi connectivity index (χ0) is 22.5. The Kier molecular flexibility index (Phi) is 6.51. The predicted octanol–water partition coefficient (Wildman–Crippen LogP) is 4.47. The molecule has 0 unspecified atom stereocenters. The van der Waals surface area contributed by atoms with Gasteiger partial charge in [0.2, 0.25) is 0 Å². The van der Waals surface area contributed by atoms with Crippen LogP contribution in [0.4, 0.5) is 16.3 Å². The van der Waals surface area contributed by atoms with Crippen LogP contribution in [0, 0.1) is 0 Å². The Morgan fingerprint density at radius 3 is 2.41 bits per heavy atom. The van der Waals surface area contributed by atoms with E-state index in [1.807, 2.05) is 0 Å². The van der Waals surface area contributed by atoms with Crippen LogP contribution in [0.1, 0.15) is 39.6 Å². The Hall–Kier alpha value is -3.65. The molecule has 3 aromatic rings. The summed E-state index contributed by atoms with van der Waals surface area (Å²) in [6, 6.07) is 15.0. The number of carbonyl (C=O) groups is 3. The molecule has 2 N–H and O–H groups in total. The number of amides is 3. The van der Waals surface area contributed by atoms with Gasteiger partial charge in [-0.15, -0.1) is 0 Å². The number of hydrogen-bond acceptors (Lipinski definition) is 4. The van der Waals surface area contributed by atoms with E-state index in [0.29, 0.717) is 53.6 Å². The first-order chi connectivity index (χ1) is 15.5. The van der Waals surface area contributed by atoms with Gasteiger partial charge in [0, 0.05) is 30.3 Å². The standard InChI is InChI=1S/C23H22ClN5O3/c24-19-3-1-2-4-20(19)26-23(32)27-21-9-12-25-29(21)18-10-13-28(14-11-18)22(31)17-7-5-16(15-30)6-8-17/h1-9,12,15,18H,10-11,13-14H2,(H2,26,27,32). The molecule has 0 bridgehead atoms. The zero-order valence-electron chi connectivity index (χ0n) is 17.2. The molecule has 0 radical (unpaired) electrons. The molecule has 9 heteroatoms. The number of anilines is 2. The van der Waals surface area contributed by atoms with Crippen LogP contribution >= 0.6 is 11.6 Å². The van der Waals surface area contributed by atoms with E-state index in [4.69, 9.17) is 11.6 Å². The molecule has 3 amide bonds. The second-order valence-corrected chi connectivity index (χ2v) is 7.89. The molecule has 1 fully saturated rings. The summed E-state index contributed by atoms with van der Waals surface area (Å²) in [4.78, 5) is 37.8. The van der Waals surface area contributed by atoms with Crippen molar-refractivity contribution in [3.05, 3.63) is 76.9 Å². The highest BCUT2D eigenvalue weighted by Crippen LogP contribution is 2.27. The van der Waals surface area contributed by atoms with Gasteiger partial charge in [0.05, 0.1) is 22.9 Å². The molecule has 2 heterocycles. The second kappa shape index (κ2) is 9.65. The molecule has 0 saturated carbocycles. The number of aromatic nitrogens is 2. The van der Waals surface area contributed by atoms with Gasteiger partial charge in [0.15, 0.2) is 0 Å². The summed E-state index contributed by atoms with van der Waals surface area (Å²) >= 11 is 6.09. The van der Waals surface area contributed by atoms with Gasteiger partial charge in [0.1, 0.15) is 12.1 Å². The molecule has 0 aliphatic carbocycles. The highest BCUT2D eigenvalue weighted by Gasteiger charge is 2.26. The maximum Gasteiger partial charge on any atom is 0.324 e. The lowest BCUT2D eigenvalue weighted by Gasteiger charge is -2.32.